The SMILES string of the molecule is C[Si](C)(C)Oc1c([Si](C)(C)C)c2ccccc2c2ccccc12. The fourth-order valence-corrected chi connectivity index (χ4v) is 6.09. The summed E-state index contributed by atoms with van der Waals surface area (Å²) in [6.45, 7) is 14.1. The molecule has 0 aliphatic rings. The maximum atomic E-state index is 6.65. The second kappa shape index (κ2) is 5.50. The maximum Gasteiger partial charge on any atom is 0.242 e. The van der Waals surface area contributed by atoms with Crippen LogP contribution in [0.3, 0.4) is 0 Å². The third kappa shape index (κ3) is 3.08. The van der Waals surface area contributed by atoms with E-state index in [1.165, 1.54) is 26.7 Å². The monoisotopic (exact) mass is 338 g/mol. The zero-order valence-electron chi connectivity index (χ0n) is 15.0. The Bertz CT molecular complexity index is 870. The van der Waals surface area contributed by atoms with Crippen molar-refractivity contribution >= 4 is 43.1 Å². The first-order valence-electron chi connectivity index (χ1n) is 8.31. The van der Waals surface area contributed by atoms with E-state index in [0.29, 0.717) is 0 Å². The summed E-state index contributed by atoms with van der Waals surface area (Å²) in [4.78, 5) is 0. The standard InChI is InChI=1S/C20H26OSi2/c1-22(2,3)20-18-14-10-8-12-16(18)15-11-7-9-13-17(15)19(20)21-23(4,5)6/h7-14H,1-6H3. The van der Waals surface area contributed by atoms with Crippen LogP contribution in [-0.4, -0.2) is 16.4 Å². The topological polar surface area (TPSA) is 9.23 Å². The fraction of sp³-hybridized carbons (Fsp3) is 0.300. The lowest BCUT2D eigenvalue weighted by atomic mass is 10.0. The molecule has 0 fully saturated rings. The highest BCUT2D eigenvalue weighted by molar-refractivity contribution is 6.91. The van der Waals surface area contributed by atoms with Gasteiger partial charge in [0.1, 0.15) is 5.75 Å². The molecule has 0 amide bonds. The van der Waals surface area contributed by atoms with Gasteiger partial charge in [-0.25, -0.2) is 0 Å². The number of benzene rings is 3. The Morgan fingerprint density at radius 2 is 1.04 bits per heavy atom. The molecule has 3 aromatic rings. The molecule has 0 spiro atoms. The summed E-state index contributed by atoms with van der Waals surface area (Å²) in [5.41, 5.74) is 0. The highest BCUT2D eigenvalue weighted by Gasteiger charge is 2.29. The van der Waals surface area contributed by atoms with Crippen LogP contribution in [0, 0.1) is 0 Å². The predicted molar refractivity (Wildman–Crippen MR) is 108 cm³/mol. The highest BCUT2D eigenvalue weighted by Crippen LogP contribution is 2.35. The van der Waals surface area contributed by atoms with E-state index in [4.69, 9.17) is 4.43 Å². The predicted octanol–water partition coefficient (Wildman–Crippen LogP) is 5.75. The zero-order valence-corrected chi connectivity index (χ0v) is 17.0. The van der Waals surface area contributed by atoms with Gasteiger partial charge in [0, 0.05) is 5.39 Å². The molecule has 0 aromatic heterocycles. The van der Waals surface area contributed by atoms with Crippen LogP contribution in [0.15, 0.2) is 48.5 Å². The van der Waals surface area contributed by atoms with Gasteiger partial charge in [-0.05, 0) is 41.0 Å². The quantitative estimate of drug-likeness (QED) is 0.436. The van der Waals surface area contributed by atoms with E-state index in [1.807, 2.05) is 0 Å². The molecule has 3 heteroatoms. The van der Waals surface area contributed by atoms with Crippen molar-refractivity contribution < 1.29 is 4.43 Å². The summed E-state index contributed by atoms with van der Waals surface area (Å²) in [5, 5.41) is 6.76. The second-order valence-electron chi connectivity index (χ2n) is 8.26. The fourth-order valence-electron chi connectivity index (χ4n) is 3.27. The van der Waals surface area contributed by atoms with Gasteiger partial charge in [0.05, 0.1) is 8.07 Å². The van der Waals surface area contributed by atoms with E-state index in [2.05, 4.69) is 87.8 Å². The summed E-state index contributed by atoms with van der Waals surface area (Å²) >= 11 is 0. The van der Waals surface area contributed by atoms with E-state index >= 15 is 0 Å². The van der Waals surface area contributed by atoms with Crippen LogP contribution >= 0.6 is 0 Å². The summed E-state index contributed by atoms with van der Waals surface area (Å²) < 4.78 is 6.65. The third-order valence-electron chi connectivity index (χ3n) is 4.04. The molecule has 0 saturated heterocycles. The van der Waals surface area contributed by atoms with Crippen molar-refractivity contribution in [3.05, 3.63) is 48.5 Å². The first-order valence-corrected chi connectivity index (χ1v) is 15.2. The van der Waals surface area contributed by atoms with Gasteiger partial charge < -0.3 is 4.43 Å². The zero-order chi connectivity index (χ0) is 16.8. The lowest BCUT2D eigenvalue weighted by Gasteiger charge is -2.29. The molecule has 3 rings (SSSR count). The Morgan fingerprint density at radius 1 is 0.609 bits per heavy atom. The average Bonchev–Trinajstić information content (AvgIpc) is 2.44. The molecule has 0 aliphatic heterocycles. The first-order chi connectivity index (χ1) is 10.7. The Morgan fingerprint density at radius 3 is 1.52 bits per heavy atom. The molecule has 1 nitrogen and oxygen atoms in total. The van der Waals surface area contributed by atoms with Crippen molar-refractivity contribution in [3.63, 3.8) is 0 Å². The molecular formula is C20H26OSi2. The van der Waals surface area contributed by atoms with Gasteiger partial charge in [-0.1, -0.05) is 68.2 Å². The normalized spacial score (nSPS) is 12.8. The van der Waals surface area contributed by atoms with Gasteiger partial charge in [0.15, 0.2) is 0 Å². The summed E-state index contributed by atoms with van der Waals surface area (Å²) in [5.74, 6) is 1.15. The van der Waals surface area contributed by atoms with E-state index in [0.717, 1.165) is 5.75 Å². The van der Waals surface area contributed by atoms with Crippen LogP contribution in [0.4, 0.5) is 0 Å². The molecule has 0 aliphatic carbocycles. The Labute approximate surface area is 141 Å². The van der Waals surface area contributed by atoms with Crippen LogP contribution in [0.5, 0.6) is 5.75 Å². The highest BCUT2D eigenvalue weighted by atomic mass is 28.4. The van der Waals surface area contributed by atoms with Gasteiger partial charge in [0.2, 0.25) is 8.32 Å². The molecule has 23 heavy (non-hydrogen) atoms. The molecule has 0 heterocycles. The van der Waals surface area contributed by atoms with Crippen LogP contribution in [0.2, 0.25) is 39.3 Å². The summed E-state index contributed by atoms with van der Waals surface area (Å²) in [6.07, 6.45) is 0. The van der Waals surface area contributed by atoms with Gasteiger partial charge in [-0.15, -0.1) is 0 Å². The number of hydrogen-bond acceptors (Lipinski definition) is 1. The average molecular weight is 339 g/mol. The molecule has 0 N–H and O–H groups in total. The van der Waals surface area contributed by atoms with Crippen molar-refractivity contribution in [2.75, 3.05) is 0 Å². The van der Waals surface area contributed by atoms with Crippen LogP contribution < -0.4 is 9.61 Å². The van der Waals surface area contributed by atoms with E-state index in [9.17, 15) is 0 Å². The molecule has 0 radical (unpaired) electrons. The van der Waals surface area contributed by atoms with Crippen molar-refractivity contribution in [3.8, 4) is 5.75 Å². The van der Waals surface area contributed by atoms with Crippen molar-refractivity contribution in [2.24, 2.45) is 0 Å². The Balaban J connectivity index is 2.54. The van der Waals surface area contributed by atoms with Gasteiger partial charge in [-0.2, -0.15) is 0 Å². The Kier molecular flexibility index (Phi) is 3.89. The minimum absolute atomic E-state index is 1.15. The Hall–Kier alpha value is -1.59. The second-order valence-corrected chi connectivity index (χ2v) is 17.7. The molecule has 3 aromatic carbocycles. The minimum Gasteiger partial charge on any atom is -0.544 e. The largest absolute Gasteiger partial charge is 0.544 e. The van der Waals surface area contributed by atoms with Crippen LogP contribution in [0.25, 0.3) is 21.5 Å². The third-order valence-corrected chi connectivity index (χ3v) is 6.86. The molecule has 0 unspecified atom stereocenters. The van der Waals surface area contributed by atoms with Crippen molar-refractivity contribution in [1.82, 2.24) is 0 Å². The van der Waals surface area contributed by atoms with Crippen LogP contribution in [-0.2, 0) is 0 Å². The van der Waals surface area contributed by atoms with Crippen LogP contribution in [0.1, 0.15) is 0 Å². The molecule has 0 atom stereocenters. The minimum atomic E-state index is -1.69. The van der Waals surface area contributed by atoms with E-state index in [-0.39, 0.29) is 0 Å². The smallest absolute Gasteiger partial charge is 0.242 e. The molecule has 0 bridgehead atoms. The summed E-state index contributed by atoms with van der Waals surface area (Å²) in [6, 6.07) is 17.5. The number of rotatable bonds is 3. The van der Waals surface area contributed by atoms with Gasteiger partial charge in [0.25, 0.3) is 0 Å². The van der Waals surface area contributed by atoms with Crippen molar-refractivity contribution in [2.45, 2.75) is 39.3 Å². The van der Waals surface area contributed by atoms with Gasteiger partial charge >= 0.3 is 0 Å². The van der Waals surface area contributed by atoms with Crippen molar-refractivity contribution in [1.29, 1.82) is 0 Å². The molecule has 0 saturated carbocycles. The van der Waals surface area contributed by atoms with Gasteiger partial charge in [-0.3, -0.25) is 0 Å². The molecular weight excluding hydrogens is 312 g/mol. The lowest BCUT2D eigenvalue weighted by molar-refractivity contribution is 0.568. The maximum absolute atomic E-state index is 6.65. The summed E-state index contributed by atoms with van der Waals surface area (Å²) in [7, 11) is -3.25. The molecule has 120 valence electrons. The van der Waals surface area contributed by atoms with E-state index < -0.39 is 16.4 Å². The number of hydrogen-bond donors (Lipinski definition) is 0. The number of fused-ring (bicyclic) bond motifs is 3. The van der Waals surface area contributed by atoms with E-state index in [1.54, 1.807) is 0 Å². The first kappa shape index (κ1) is 16.3. The lowest BCUT2D eigenvalue weighted by Crippen LogP contribution is -2.42.